The minimum absolute atomic E-state index is 0.0137. The van der Waals surface area contributed by atoms with Crippen LogP contribution < -0.4 is 4.74 Å². The number of hydrogen-bond acceptors (Lipinski definition) is 7. The predicted molar refractivity (Wildman–Crippen MR) is 121 cm³/mol. The average Bonchev–Trinajstić information content (AvgIpc) is 3.33. The summed E-state index contributed by atoms with van der Waals surface area (Å²) in [6.07, 6.45) is 2.29. The van der Waals surface area contributed by atoms with E-state index in [0.717, 1.165) is 5.56 Å². The van der Waals surface area contributed by atoms with Gasteiger partial charge in [0.1, 0.15) is 24.3 Å². The zero-order chi connectivity index (χ0) is 23.3. The van der Waals surface area contributed by atoms with E-state index in [0.29, 0.717) is 36.8 Å². The number of rotatable bonds is 8. The second-order valence-corrected chi connectivity index (χ2v) is 9.64. The molecule has 0 aliphatic carbocycles. The quantitative estimate of drug-likeness (QED) is 0.461. The molecule has 0 amide bonds. The number of esters is 1. The van der Waals surface area contributed by atoms with Crippen molar-refractivity contribution >= 4 is 16.0 Å². The van der Waals surface area contributed by atoms with Crippen LogP contribution in [0.1, 0.15) is 25.5 Å². The molecule has 0 spiro atoms. The lowest BCUT2D eigenvalue weighted by Crippen LogP contribution is -2.40. The molecule has 1 fully saturated rings. The molecule has 1 aromatic heterocycles. The highest BCUT2D eigenvalue weighted by Gasteiger charge is 2.33. The number of ether oxygens (including phenoxy) is 2. The van der Waals surface area contributed by atoms with Crippen molar-refractivity contribution in [3.05, 3.63) is 66.6 Å². The number of sulfonamides is 1. The standard InChI is InChI=1S/C24H26N2O6S/c1-2-30-21-8-10-22(11-9-21)33(28,29)26-14-12-19(13-15-26)24(27)32-17-20-16-31-23(25-20)18-6-4-3-5-7-18/h3-11,16,19H,2,12-15,17H2,1H3. The summed E-state index contributed by atoms with van der Waals surface area (Å²) in [6.45, 7) is 2.92. The van der Waals surface area contributed by atoms with Gasteiger partial charge in [0.05, 0.1) is 17.4 Å². The maximum atomic E-state index is 12.9. The molecule has 2 heterocycles. The molecule has 1 aliphatic heterocycles. The fraction of sp³-hybridized carbons (Fsp3) is 0.333. The summed E-state index contributed by atoms with van der Waals surface area (Å²) in [7, 11) is -3.62. The van der Waals surface area contributed by atoms with Gasteiger partial charge in [-0.2, -0.15) is 4.31 Å². The average molecular weight is 471 g/mol. The first kappa shape index (κ1) is 23.0. The molecule has 4 rings (SSSR count). The molecule has 0 saturated carbocycles. The van der Waals surface area contributed by atoms with Crippen molar-refractivity contribution in [2.75, 3.05) is 19.7 Å². The molecule has 8 nitrogen and oxygen atoms in total. The first-order valence-electron chi connectivity index (χ1n) is 10.9. The number of piperidine rings is 1. The lowest BCUT2D eigenvalue weighted by molar-refractivity contribution is -0.151. The minimum Gasteiger partial charge on any atom is -0.494 e. The van der Waals surface area contributed by atoms with Gasteiger partial charge in [-0.3, -0.25) is 4.79 Å². The molecule has 0 bridgehead atoms. The first-order chi connectivity index (χ1) is 16.0. The summed E-state index contributed by atoms with van der Waals surface area (Å²) in [6, 6.07) is 15.8. The molecule has 0 unspecified atom stereocenters. The van der Waals surface area contributed by atoms with Crippen molar-refractivity contribution < 1.29 is 27.1 Å². The van der Waals surface area contributed by atoms with E-state index in [4.69, 9.17) is 13.9 Å². The number of aromatic nitrogens is 1. The fourth-order valence-corrected chi connectivity index (χ4v) is 5.17. The summed E-state index contributed by atoms with van der Waals surface area (Å²) in [5.41, 5.74) is 1.37. The Labute approximate surface area is 193 Å². The van der Waals surface area contributed by atoms with Crippen LogP contribution in [-0.4, -0.2) is 43.4 Å². The van der Waals surface area contributed by atoms with Crippen LogP contribution in [0.3, 0.4) is 0 Å². The Kier molecular flexibility index (Phi) is 7.10. The van der Waals surface area contributed by atoms with Crippen LogP contribution in [0.5, 0.6) is 5.75 Å². The zero-order valence-corrected chi connectivity index (χ0v) is 19.2. The normalized spacial score (nSPS) is 15.3. The van der Waals surface area contributed by atoms with Gasteiger partial charge in [-0.1, -0.05) is 18.2 Å². The van der Waals surface area contributed by atoms with Crippen molar-refractivity contribution in [3.8, 4) is 17.2 Å². The summed E-state index contributed by atoms with van der Waals surface area (Å²) in [4.78, 5) is 17.1. The highest BCUT2D eigenvalue weighted by molar-refractivity contribution is 7.89. The summed E-state index contributed by atoms with van der Waals surface area (Å²) in [5.74, 6) is 0.394. The molecular formula is C24H26N2O6S. The third kappa shape index (κ3) is 5.43. The molecule has 1 aliphatic rings. The molecule has 0 radical (unpaired) electrons. The summed E-state index contributed by atoms with van der Waals surface area (Å²) >= 11 is 0. The monoisotopic (exact) mass is 470 g/mol. The lowest BCUT2D eigenvalue weighted by atomic mass is 9.98. The Morgan fingerprint density at radius 3 is 2.45 bits per heavy atom. The number of benzene rings is 2. The van der Waals surface area contributed by atoms with Crippen LogP contribution in [0.15, 0.2) is 70.2 Å². The van der Waals surface area contributed by atoms with E-state index < -0.39 is 10.0 Å². The number of carbonyl (C=O) groups is 1. The summed E-state index contributed by atoms with van der Waals surface area (Å²) < 4.78 is 43.5. The van der Waals surface area contributed by atoms with Crippen LogP contribution in [0.4, 0.5) is 0 Å². The number of carbonyl (C=O) groups excluding carboxylic acids is 1. The molecule has 0 atom stereocenters. The van der Waals surface area contributed by atoms with Gasteiger partial charge < -0.3 is 13.9 Å². The molecule has 3 aromatic rings. The van der Waals surface area contributed by atoms with E-state index in [1.807, 2.05) is 37.3 Å². The largest absolute Gasteiger partial charge is 0.494 e. The number of oxazole rings is 1. The second-order valence-electron chi connectivity index (χ2n) is 7.70. The molecular weight excluding hydrogens is 444 g/mol. The Morgan fingerprint density at radius 2 is 1.79 bits per heavy atom. The smallest absolute Gasteiger partial charge is 0.309 e. The van der Waals surface area contributed by atoms with Gasteiger partial charge in [0.25, 0.3) is 0 Å². The van der Waals surface area contributed by atoms with Crippen molar-refractivity contribution in [2.24, 2.45) is 5.92 Å². The van der Waals surface area contributed by atoms with E-state index in [1.165, 1.54) is 10.6 Å². The molecule has 1 saturated heterocycles. The Balaban J connectivity index is 1.28. The highest BCUT2D eigenvalue weighted by Crippen LogP contribution is 2.26. The van der Waals surface area contributed by atoms with Crippen LogP contribution in [0, 0.1) is 5.92 Å². The molecule has 2 aromatic carbocycles. The molecule has 0 N–H and O–H groups in total. The number of hydrogen-bond donors (Lipinski definition) is 0. The van der Waals surface area contributed by atoms with Crippen molar-refractivity contribution in [2.45, 2.75) is 31.3 Å². The van der Waals surface area contributed by atoms with Crippen molar-refractivity contribution in [1.29, 1.82) is 0 Å². The van der Waals surface area contributed by atoms with E-state index in [1.54, 1.807) is 24.3 Å². The van der Waals surface area contributed by atoms with E-state index in [-0.39, 0.29) is 36.5 Å². The van der Waals surface area contributed by atoms with Gasteiger partial charge in [-0.15, -0.1) is 0 Å². The van der Waals surface area contributed by atoms with Crippen molar-refractivity contribution in [3.63, 3.8) is 0 Å². The third-order valence-electron chi connectivity index (χ3n) is 5.49. The maximum Gasteiger partial charge on any atom is 0.309 e. The van der Waals surface area contributed by atoms with Gasteiger partial charge in [0.15, 0.2) is 0 Å². The Bertz CT molecular complexity index is 1170. The van der Waals surface area contributed by atoms with Crippen LogP contribution in [0.2, 0.25) is 0 Å². The highest BCUT2D eigenvalue weighted by atomic mass is 32.2. The van der Waals surface area contributed by atoms with E-state index >= 15 is 0 Å². The zero-order valence-electron chi connectivity index (χ0n) is 18.3. The molecule has 174 valence electrons. The van der Waals surface area contributed by atoms with Gasteiger partial charge in [-0.05, 0) is 56.2 Å². The Hall–Kier alpha value is -3.17. The van der Waals surface area contributed by atoms with Crippen LogP contribution in [-0.2, 0) is 26.2 Å². The maximum absolute atomic E-state index is 12.9. The van der Waals surface area contributed by atoms with Gasteiger partial charge in [-0.25, -0.2) is 13.4 Å². The lowest BCUT2D eigenvalue weighted by Gasteiger charge is -2.30. The third-order valence-corrected chi connectivity index (χ3v) is 7.41. The molecule has 33 heavy (non-hydrogen) atoms. The van der Waals surface area contributed by atoms with Gasteiger partial charge in [0.2, 0.25) is 15.9 Å². The van der Waals surface area contributed by atoms with E-state index in [2.05, 4.69) is 4.98 Å². The second kappa shape index (κ2) is 10.2. The van der Waals surface area contributed by atoms with Gasteiger partial charge in [0, 0.05) is 18.7 Å². The summed E-state index contributed by atoms with van der Waals surface area (Å²) in [5, 5.41) is 0. The van der Waals surface area contributed by atoms with E-state index in [9.17, 15) is 13.2 Å². The Morgan fingerprint density at radius 1 is 1.09 bits per heavy atom. The SMILES string of the molecule is CCOc1ccc(S(=O)(=O)N2CCC(C(=O)OCc3coc(-c4ccccc4)n3)CC2)cc1. The topological polar surface area (TPSA) is 98.9 Å². The van der Waals surface area contributed by atoms with Crippen molar-refractivity contribution in [1.82, 2.24) is 9.29 Å². The van der Waals surface area contributed by atoms with Gasteiger partial charge >= 0.3 is 5.97 Å². The van der Waals surface area contributed by atoms with Crippen LogP contribution in [0.25, 0.3) is 11.5 Å². The first-order valence-corrected chi connectivity index (χ1v) is 12.3. The fourth-order valence-electron chi connectivity index (χ4n) is 3.70. The number of nitrogens with zero attached hydrogens (tertiary/aromatic N) is 2. The predicted octanol–water partition coefficient (Wildman–Crippen LogP) is 3.88. The van der Waals surface area contributed by atoms with Crippen LogP contribution >= 0.6 is 0 Å². The minimum atomic E-state index is -3.62. The molecule has 9 heteroatoms.